The molecule has 1 radical (unpaired) electrons. The fourth-order valence-electron chi connectivity index (χ4n) is 5.33. The molecule has 0 amide bonds. The molecule has 6 rings (SSSR count). The molecule has 45 heavy (non-hydrogen) atoms. The van der Waals surface area contributed by atoms with Crippen LogP contribution in [0.5, 0.6) is 0 Å². The molecule has 0 N–H and O–H groups in total. The Bertz CT molecular complexity index is 1770. The first-order chi connectivity index (χ1) is 21.2. The third-order valence-electron chi connectivity index (χ3n) is 7.96. The number of benzene rings is 4. The standard InChI is InChI=1S/C22H22N.C20H18N.Ir/c1-22(2,3)20-11-7-10-19(16-20)21-15-18(12-13-23-21)14-17-8-5-4-6-9-17;1-20(2,16-10-4-3-5-11-16)18-13-7-6-12-17(18)19-14-8-9-15-21-19;/h4-9,11-13,15-16H,14H2,1-3H3;3-11,13-15H,1-2H3;/q2*-1;. The minimum Gasteiger partial charge on any atom is -0.305 e. The van der Waals surface area contributed by atoms with E-state index in [2.05, 4.69) is 148 Å². The number of hydrogen-bond acceptors (Lipinski definition) is 2. The van der Waals surface area contributed by atoms with E-state index in [1.165, 1.54) is 27.8 Å². The van der Waals surface area contributed by atoms with Crippen molar-refractivity contribution >= 4 is 0 Å². The van der Waals surface area contributed by atoms with Crippen molar-refractivity contribution in [2.24, 2.45) is 0 Å². The van der Waals surface area contributed by atoms with Gasteiger partial charge in [-0.15, -0.1) is 70.8 Å². The van der Waals surface area contributed by atoms with Crippen LogP contribution in [-0.2, 0) is 37.4 Å². The van der Waals surface area contributed by atoms with Crippen LogP contribution in [-0.4, -0.2) is 9.97 Å². The van der Waals surface area contributed by atoms with Gasteiger partial charge in [-0.1, -0.05) is 113 Å². The van der Waals surface area contributed by atoms with E-state index in [-0.39, 0.29) is 30.9 Å². The molecule has 0 atom stereocenters. The van der Waals surface area contributed by atoms with Crippen molar-refractivity contribution in [1.82, 2.24) is 9.97 Å². The van der Waals surface area contributed by atoms with Gasteiger partial charge < -0.3 is 9.97 Å². The van der Waals surface area contributed by atoms with Crippen LogP contribution in [0.15, 0.2) is 140 Å². The third kappa shape index (κ3) is 8.72. The molecular formula is C42H40IrN2-2. The first kappa shape index (κ1) is 33.7. The van der Waals surface area contributed by atoms with Crippen molar-refractivity contribution in [3.05, 3.63) is 180 Å². The summed E-state index contributed by atoms with van der Waals surface area (Å²) >= 11 is 0. The molecule has 0 fully saturated rings. The molecule has 2 heterocycles. The van der Waals surface area contributed by atoms with Crippen molar-refractivity contribution in [3.8, 4) is 22.5 Å². The largest absolute Gasteiger partial charge is 0.305 e. The van der Waals surface area contributed by atoms with Crippen molar-refractivity contribution < 1.29 is 20.1 Å². The summed E-state index contributed by atoms with van der Waals surface area (Å²) < 4.78 is 0. The predicted octanol–water partition coefficient (Wildman–Crippen LogP) is 10.3. The molecule has 2 nitrogen and oxygen atoms in total. The molecule has 229 valence electrons. The second-order valence-corrected chi connectivity index (χ2v) is 12.6. The Balaban J connectivity index is 0.000000201. The van der Waals surface area contributed by atoms with E-state index in [9.17, 15) is 0 Å². The van der Waals surface area contributed by atoms with Crippen molar-refractivity contribution in [2.45, 2.75) is 51.9 Å². The van der Waals surface area contributed by atoms with E-state index in [1.54, 1.807) is 0 Å². The van der Waals surface area contributed by atoms with Crippen LogP contribution < -0.4 is 0 Å². The fourth-order valence-corrected chi connectivity index (χ4v) is 5.33. The van der Waals surface area contributed by atoms with E-state index in [0.717, 1.165) is 28.9 Å². The van der Waals surface area contributed by atoms with Crippen LogP contribution in [0.3, 0.4) is 0 Å². The molecule has 0 saturated carbocycles. The molecule has 0 aliphatic rings. The molecule has 0 aliphatic heterocycles. The predicted molar refractivity (Wildman–Crippen MR) is 184 cm³/mol. The van der Waals surface area contributed by atoms with Crippen LogP contribution in [0.25, 0.3) is 22.5 Å². The summed E-state index contributed by atoms with van der Waals surface area (Å²) in [7, 11) is 0. The van der Waals surface area contributed by atoms with Crippen molar-refractivity contribution in [2.75, 3.05) is 0 Å². The van der Waals surface area contributed by atoms with Crippen molar-refractivity contribution in [1.29, 1.82) is 0 Å². The number of pyridine rings is 2. The maximum Gasteiger partial charge on any atom is 0.0163 e. The molecule has 0 aliphatic carbocycles. The summed E-state index contributed by atoms with van der Waals surface area (Å²) in [4.78, 5) is 9.03. The van der Waals surface area contributed by atoms with Gasteiger partial charge in [0.1, 0.15) is 0 Å². The van der Waals surface area contributed by atoms with Gasteiger partial charge in [0.05, 0.1) is 0 Å². The average molecular weight is 765 g/mol. The van der Waals surface area contributed by atoms with E-state index in [1.807, 2.05) is 48.8 Å². The zero-order valence-corrected chi connectivity index (χ0v) is 29.1. The van der Waals surface area contributed by atoms with Crippen LogP contribution in [0.2, 0.25) is 0 Å². The van der Waals surface area contributed by atoms with Crippen molar-refractivity contribution in [3.63, 3.8) is 0 Å². The van der Waals surface area contributed by atoms with E-state index >= 15 is 0 Å². The van der Waals surface area contributed by atoms with Gasteiger partial charge in [-0.2, -0.15) is 0 Å². The summed E-state index contributed by atoms with van der Waals surface area (Å²) in [5.74, 6) is 0. The Morgan fingerprint density at radius 2 is 1.24 bits per heavy atom. The molecule has 2 aromatic heterocycles. The first-order valence-electron chi connectivity index (χ1n) is 15.2. The zero-order valence-electron chi connectivity index (χ0n) is 26.7. The van der Waals surface area contributed by atoms with E-state index < -0.39 is 0 Å². The molecule has 0 spiro atoms. The quantitative estimate of drug-likeness (QED) is 0.158. The molecule has 6 aromatic rings. The number of rotatable bonds is 6. The Labute approximate surface area is 283 Å². The second kappa shape index (κ2) is 15.2. The fraction of sp³-hybridized carbons (Fsp3) is 0.190. The second-order valence-electron chi connectivity index (χ2n) is 12.6. The van der Waals surface area contributed by atoms with Gasteiger partial charge in [-0.25, -0.2) is 0 Å². The zero-order chi connectivity index (χ0) is 31.0. The monoisotopic (exact) mass is 765 g/mol. The van der Waals surface area contributed by atoms with Gasteiger partial charge in [0, 0.05) is 32.5 Å². The average Bonchev–Trinajstić information content (AvgIpc) is 3.06. The first-order valence-corrected chi connectivity index (χ1v) is 15.2. The molecular weight excluding hydrogens is 725 g/mol. The topological polar surface area (TPSA) is 25.8 Å². The van der Waals surface area contributed by atoms with E-state index in [0.29, 0.717) is 0 Å². The SMILES string of the molecule is CC(C)(C)c1cc[c-]c(-c2cc(Cc3ccccc3)ccn2)c1.CC(C)(c1ccccc1)c1ccc[c-]c1-c1ccccn1.[Ir]. The Morgan fingerprint density at radius 3 is 1.93 bits per heavy atom. The normalized spacial score (nSPS) is 11.1. The maximum absolute atomic E-state index is 4.54. The molecule has 4 aromatic carbocycles. The van der Waals surface area contributed by atoms with Gasteiger partial charge in [0.15, 0.2) is 0 Å². The van der Waals surface area contributed by atoms with Gasteiger partial charge in [0.2, 0.25) is 0 Å². The van der Waals surface area contributed by atoms with Gasteiger partial charge >= 0.3 is 0 Å². The molecule has 0 bridgehead atoms. The van der Waals surface area contributed by atoms with Gasteiger partial charge in [-0.3, -0.25) is 0 Å². The summed E-state index contributed by atoms with van der Waals surface area (Å²) in [6.07, 6.45) is 4.65. The maximum atomic E-state index is 4.54. The molecule has 0 unspecified atom stereocenters. The Kier molecular flexibility index (Phi) is 11.4. The molecule has 3 heteroatoms. The van der Waals surface area contributed by atoms with Crippen LogP contribution in [0.1, 0.15) is 62.4 Å². The summed E-state index contributed by atoms with van der Waals surface area (Å²) in [6.45, 7) is 11.2. The number of aromatic nitrogens is 2. The van der Waals surface area contributed by atoms with Crippen LogP contribution in [0, 0.1) is 12.1 Å². The summed E-state index contributed by atoms with van der Waals surface area (Å²) in [5, 5.41) is 0. The van der Waals surface area contributed by atoms with Crippen LogP contribution >= 0.6 is 0 Å². The minimum atomic E-state index is -0.0914. The van der Waals surface area contributed by atoms with E-state index in [4.69, 9.17) is 0 Å². The molecule has 0 saturated heterocycles. The van der Waals surface area contributed by atoms with Gasteiger partial charge in [0.25, 0.3) is 0 Å². The number of nitrogens with zero attached hydrogens (tertiary/aromatic N) is 2. The Morgan fingerprint density at radius 1 is 0.556 bits per heavy atom. The Hall–Kier alpha value is -4.17. The van der Waals surface area contributed by atoms with Crippen LogP contribution in [0.4, 0.5) is 0 Å². The third-order valence-corrected chi connectivity index (χ3v) is 7.96. The minimum absolute atomic E-state index is 0. The summed E-state index contributed by atoms with van der Waals surface area (Å²) in [6, 6.07) is 50.6. The van der Waals surface area contributed by atoms with Gasteiger partial charge in [-0.05, 0) is 57.5 Å². The smallest absolute Gasteiger partial charge is 0.0163 e. The number of hydrogen-bond donors (Lipinski definition) is 0. The summed E-state index contributed by atoms with van der Waals surface area (Å²) in [5.41, 5.74) is 10.6.